The van der Waals surface area contributed by atoms with Crippen molar-refractivity contribution in [3.05, 3.63) is 41.6 Å². The monoisotopic (exact) mass is 336 g/mol. The number of rotatable bonds is 5. The Balaban J connectivity index is 2.35. The highest BCUT2D eigenvalue weighted by Gasteiger charge is 2.25. The highest BCUT2D eigenvalue weighted by atomic mass is 32.2. The van der Waals surface area contributed by atoms with Crippen molar-refractivity contribution in [1.82, 2.24) is 9.78 Å². The molecular formula is C16H20N2O4S. The van der Waals surface area contributed by atoms with Crippen molar-refractivity contribution in [2.45, 2.75) is 19.3 Å². The smallest absolute Gasteiger partial charge is 0.356 e. The zero-order chi connectivity index (χ0) is 17.4. The minimum atomic E-state index is -3.08. The van der Waals surface area contributed by atoms with Gasteiger partial charge in [0.15, 0.2) is 5.69 Å². The third kappa shape index (κ3) is 3.98. The van der Waals surface area contributed by atoms with Gasteiger partial charge in [0.25, 0.3) is 0 Å². The van der Waals surface area contributed by atoms with Gasteiger partial charge in [-0.1, -0.05) is 38.1 Å². The van der Waals surface area contributed by atoms with E-state index in [4.69, 9.17) is 5.11 Å². The predicted molar refractivity (Wildman–Crippen MR) is 88.3 cm³/mol. The summed E-state index contributed by atoms with van der Waals surface area (Å²) in [5.41, 5.74) is 1.92. The maximum atomic E-state index is 11.6. The number of aromatic carboxylic acids is 1. The Hall–Kier alpha value is -2.15. The lowest BCUT2D eigenvalue weighted by molar-refractivity contribution is 0.0689. The molecule has 7 heteroatoms. The maximum Gasteiger partial charge on any atom is 0.356 e. The third-order valence-electron chi connectivity index (χ3n) is 3.68. The van der Waals surface area contributed by atoms with Crippen LogP contribution in [0.5, 0.6) is 0 Å². The van der Waals surface area contributed by atoms with E-state index in [0.717, 1.165) is 11.1 Å². The van der Waals surface area contributed by atoms with Gasteiger partial charge in [0.05, 0.1) is 11.4 Å². The number of carboxylic acids is 1. The minimum absolute atomic E-state index is 0.0102. The summed E-state index contributed by atoms with van der Waals surface area (Å²) < 4.78 is 24.6. The zero-order valence-electron chi connectivity index (χ0n) is 13.6. The summed E-state index contributed by atoms with van der Waals surface area (Å²) in [7, 11) is -1.40. The van der Waals surface area contributed by atoms with Gasteiger partial charge in [-0.15, -0.1) is 0 Å². The molecule has 0 aliphatic heterocycles. The van der Waals surface area contributed by atoms with E-state index in [1.54, 1.807) is 7.05 Å². The van der Waals surface area contributed by atoms with E-state index < -0.39 is 21.2 Å². The normalized spacial score (nSPS) is 12.3. The second-order valence-electron chi connectivity index (χ2n) is 6.37. The number of benzene rings is 1. The molecule has 0 atom stereocenters. The molecule has 0 aliphatic carbocycles. The first kappa shape index (κ1) is 17.2. The van der Waals surface area contributed by atoms with Gasteiger partial charge in [0.2, 0.25) is 0 Å². The lowest BCUT2D eigenvalue weighted by Crippen LogP contribution is -2.27. The number of nitrogens with zero attached hydrogens (tertiary/aromatic N) is 2. The molecule has 0 fully saturated rings. The van der Waals surface area contributed by atoms with Gasteiger partial charge in [-0.2, -0.15) is 5.10 Å². The summed E-state index contributed by atoms with van der Waals surface area (Å²) in [6.45, 7) is 3.77. The molecule has 1 aromatic heterocycles. The summed E-state index contributed by atoms with van der Waals surface area (Å²) in [6.07, 6.45) is 1.23. The topological polar surface area (TPSA) is 89.3 Å². The summed E-state index contributed by atoms with van der Waals surface area (Å²) >= 11 is 0. The Kier molecular flexibility index (Phi) is 4.34. The molecule has 23 heavy (non-hydrogen) atoms. The quantitative estimate of drug-likeness (QED) is 0.903. The molecule has 0 amide bonds. The number of sulfone groups is 1. The van der Waals surface area contributed by atoms with Crippen molar-refractivity contribution < 1.29 is 18.3 Å². The summed E-state index contributed by atoms with van der Waals surface area (Å²) in [5.74, 6) is -1.01. The van der Waals surface area contributed by atoms with Crippen molar-refractivity contribution in [3.8, 4) is 11.3 Å². The van der Waals surface area contributed by atoms with Crippen LogP contribution >= 0.6 is 0 Å². The molecular weight excluding hydrogens is 316 g/mol. The van der Waals surface area contributed by atoms with Gasteiger partial charge in [0, 0.05) is 18.7 Å². The van der Waals surface area contributed by atoms with Crippen LogP contribution in [0.15, 0.2) is 30.3 Å². The second-order valence-corrected chi connectivity index (χ2v) is 8.52. The Morgan fingerprint density at radius 3 is 2.26 bits per heavy atom. The molecule has 0 radical (unpaired) electrons. The van der Waals surface area contributed by atoms with Gasteiger partial charge in [0.1, 0.15) is 9.84 Å². The summed E-state index contributed by atoms with van der Waals surface area (Å²) in [4.78, 5) is 11.0. The zero-order valence-corrected chi connectivity index (χ0v) is 14.4. The highest BCUT2D eigenvalue weighted by molar-refractivity contribution is 7.90. The van der Waals surface area contributed by atoms with Crippen LogP contribution in [0.25, 0.3) is 11.3 Å². The fraction of sp³-hybridized carbons (Fsp3) is 0.375. The van der Waals surface area contributed by atoms with Crippen LogP contribution in [-0.2, 0) is 22.3 Å². The molecule has 1 aromatic carbocycles. The van der Waals surface area contributed by atoms with E-state index in [1.165, 1.54) is 17.0 Å². The van der Waals surface area contributed by atoms with Gasteiger partial charge in [-0.05, 0) is 17.2 Å². The lowest BCUT2D eigenvalue weighted by Gasteiger charge is -2.24. The van der Waals surface area contributed by atoms with Crippen LogP contribution in [-0.4, -0.2) is 41.3 Å². The second kappa shape index (κ2) is 5.81. The van der Waals surface area contributed by atoms with Crippen LogP contribution in [0.2, 0.25) is 0 Å². The first-order valence-corrected chi connectivity index (χ1v) is 9.12. The lowest BCUT2D eigenvalue weighted by atomic mass is 9.86. The summed E-state index contributed by atoms with van der Waals surface area (Å²) in [6, 6.07) is 8.95. The number of aryl methyl sites for hydroxylation is 1. The molecule has 0 saturated heterocycles. The van der Waals surface area contributed by atoms with Gasteiger partial charge >= 0.3 is 5.97 Å². The summed E-state index contributed by atoms with van der Waals surface area (Å²) in [5, 5.41) is 12.9. The van der Waals surface area contributed by atoms with E-state index in [9.17, 15) is 13.2 Å². The van der Waals surface area contributed by atoms with Crippen LogP contribution in [0.1, 0.15) is 29.9 Å². The standard InChI is InChI=1S/C16H20N2O4S/c1-16(2,10-23(4,21)22)12-7-5-11(6-8-12)14-9-13(15(19)20)17-18(14)3/h5-9H,10H2,1-4H3,(H,19,20). The minimum Gasteiger partial charge on any atom is -0.476 e. The molecule has 6 nitrogen and oxygen atoms in total. The number of aromatic nitrogens is 2. The molecule has 1 heterocycles. The largest absolute Gasteiger partial charge is 0.476 e. The van der Waals surface area contributed by atoms with E-state index in [-0.39, 0.29) is 11.4 Å². The van der Waals surface area contributed by atoms with Crippen molar-refractivity contribution in [3.63, 3.8) is 0 Å². The Morgan fingerprint density at radius 2 is 1.83 bits per heavy atom. The molecule has 124 valence electrons. The van der Waals surface area contributed by atoms with Crippen molar-refractivity contribution in [1.29, 1.82) is 0 Å². The average Bonchev–Trinajstić information content (AvgIpc) is 2.78. The fourth-order valence-electron chi connectivity index (χ4n) is 2.67. The molecule has 1 N–H and O–H groups in total. The van der Waals surface area contributed by atoms with Crippen LogP contribution in [0, 0.1) is 0 Å². The molecule has 0 bridgehead atoms. The van der Waals surface area contributed by atoms with E-state index >= 15 is 0 Å². The van der Waals surface area contributed by atoms with Crippen LogP contribution in [0.3, 0.4) is 0 Å². The number of hydrogen-bond acceptors (Lipinski definition) is 4. The van der Waals surface area contributed by atoms with Gasteiger partial charge in [-0.25, -0.2) is 13.2 Å². The highest BCUT2D eigenvalue weighted by Crippen LogP contribution is 2.28. The SMILES string of the molecule is Cn1nc(C(=O)O)cc1-c1ccc(C(C)(C)CS(C)(=O)=O)cc1. The Morgan fingerprint density at radius 1 is 1.26 bits per heavy atom. The van der Waals surface area contributed by atoms with Crippen molar-refractivity contribution in [2.24, 2.45) is 7.05 Å². The average molecular weight is 336 g/mol. The maximum absolute atomic E-state index is 11.6. The van der Waals surface area contributed by atoms with Gasteiger partial charge < -0.3 is 5.11 Å². The third-order valence-corrected chi connectivity index (χ3v) is 4.93. The first-order chi connectivity index (χ1) is 10.5. The fourth-order valence-corrected chi connectivity index (χ4v) is 4.15. The van der Waals surface area contributed by atoms with Gasteiger partial charge in [-0.3, -0.25) is 4.68 Å². The Labute approximate surface area is 135 Å². The first-order valence-electron chi connectivity index (χ1n) is 7.05. The molecule has 0 spiro atoms. The number of hydrogen-bond donors (Lipinski definition) is 1. The van der Waals surface area contributed by atoms with Crippen molar-refractivity contribution in [2.75, 3.05) is 12.0 Å². The molecule has 0 saturated carbocycles. The molecule has 2 rings (SSSR count). The van der Waals surface area contributed by atoms with E-state index in [0.29, 0.717) is 5.69 Å². The number of carbonyl (C=O) groups is 1. The number of carboxylic acid groups (broad SMARTS) is 1. The Bertz CT molecular complexity index is 833. The molecule has 0 aliphatic rings. The van der Waals surface area contributed by atoms with E-state index in [2.05, 4.69) is 5.10 Å². The molecule has 0 unspecified atom stereocenters. The van der Waals surface area contributed by atoms with Crippen LogP contribution < -0.4 is 0 Å². The van der Waals surface area contributed by atoms with E-state index in [1.807, 2.05) is 38.1 Å². The van der Waals surface area contributed by atoms with Crippen molar-refractivity contribution >= 4 is 15.8 Å². The van der Waals surface area contributed by atoms with Crippen LogP contribution in [0.4, 0.5) is 0 Å². The molecule has 2 aromatic rings. The predicted octanol–water partition coefficient (Wildman–Crippen LogP) is 2.11.